The van der Waals surface area contributed by atoms with Gasteiger partial charge in [0.1, 0.15) is 0 Å². The fourth-order valence-electron chi connectivity index (χ4n) is 2.49. The molecule has 124 valence electrons. The molecule has 0 atom stereocenters. The second-order valence-electron chi connectivity index (χ2n) is 6.10. The molecule has 0 aliphatic heterocycles. The number of nitrogens with zero attached hydrogens (tertiary/aromatic N) is 1. The van der Waals surface area contributed by atoms with Gasteiger partial charge >= 0.3 is 0 Å². The molecular weight excluding hydrogens is 368 g/mol. The molecule has 1 aliphatic rings. The minimum Gasteiger partial charge on any atom is -0.337 e. The van der Waals surface area contributed by atoms with Crippen LogP contribution in [0, 0.1) is 5.92 Å². The SMILES string of the molecule is CN(Cc1ccccc1Br)C(=O)c1cccc(NC(=O)C2CC2)c1. The van der Waals surface area contributed by atoms with Gasteiger partial charge in [0.25, 0.3) is 5.91 Å². The maximum atomic E-state index is 12.6. The van der Waals surface area contributed by atoms with Crippen LogP contribution >= 0.6 is 15.9 Å². The fraction of sp³-hybridized carbons (Fsp3) is 0.263. The number of anilines is 1. The van der Waals surface area contributed by atoms with E-state index in [0.717, 1.165) is 22.9 Å². The van der Waals surface area contributed by atoms with E-state index >= 15 is 0 Å². The van der Waals surface area contributed by atoms with Gasteiger partial charge in [-0.25, -0.2) is 0 Å². The molecular formula is C19H19BrN2O2. The van der Waals surface area contributed by atoms with Crippen molar-refractivity contribution in [1.29, 1.82) is 0 Å². The Morgan fingerprint density at radius 1 is 1.17 bits per heavy atom. The van der Waals surface area contributed by atoms with E-state index in [-0.39, 0.29) is 17.7 Å². The van der Waals surface area contributed by atoms with Crippen molar-refractivity contribution in [3.63, 3.8) is 0 Å². The van der Waals surface area contributed by atoms with Gasteiger partial charge in [0, 0.05) is 35.2 Å². The molecule has 0 bridgehead atoms. The largest absolute Gasteiger partial charge is 0.337 e. The average Bonchev–Trinajstić information content (AvgIpc) is 3.41. The molecule has 1 aliphatic carbocycles. The Morgan fingerprint density at radius 3 is 2.62 bits per heavy atom. The number of nitrogens with one attached hydrogen (secondary N) is 1. The first-order valence-corrected chi connectivity index (χ1v) is 8.73. The van der Waals surface area contributed by atoms with Crippen LogP contribution in [0.1, 0.15) is 28.8 Å². The smallest absolute Gasteiger partial charge is 0.253 e. The molecule has 0 saturated heterocycles. The topological polar surface area (TPSA) is 49.4 Å². The Balaban J connectivity index is 1.69. The van der Waals surface area contributed by atoms with Gasteiger partial charge in [-0.2, -0.15) is 0 Å². The van der Waals surface area contributed by atoms with Crippen molar-refractivity contribution in [3.05, 3.63) is 64.1 Å². The van der Waals surface area contributed by atoms with E-state index in [0.29, 0.717) is 17.8 Å². The molecule has 0 aromatic heterocycles. The van der Waals surface area contributed by atoms with Crippen LogP contribution < -0.4 is 5.32 Å². The van der Waals surface area contributed by atoms with Gasteiger partial charge in [-0.15, -0.1) is 0 Å². The van der Waals surface area contributed by atoms with Crippen molar-refractivity contribution in [1.82, 2.24) is 4.90 Å². The molecule has 1 saturated carbocycles. The second kappa shape index (κ2) is 7.18. The van der Waals surface area contributed by atoms with Crippen LogP contribution in [0.25, 0.3) is 0 Å². The van der Waals surface area contributed by atoms with Gasteiger partial charge in [-0.05, 0) is 42.7 Å². The Labute approximate surface area is 150 Å². The number of carbonyl (C=O) groups is 2. The van der Waals surface area contributed by atoms with Crippen LogP contribution in [-0.2, 0) is 11.3 Å². The molecule has 2 aromatic rings. The zero-order chi connectivity index (χ0) is 17.1. The summed E-state index contributed by atoms with van der Waals surface area (Å²) in [6, 6.07) is 15.0. The molecule has 1 N–H and O–H groups in total. The highest BCUT2D eigenvalue weighted by Gasteiger charge is 2.29. The molecule has 2 amide bonds. The summed E-state index contributed by atoms with van der Waals surface area (Å²) in [6.07, 6.45) is 1.91. The molecule has 2 aromatic carbocycles. The Hall–Kier alpha value is -2.14. The number of rotatable bonds is 5. The highest BCUT2D eigenvalue weighted by atomic mass is 79.9. The molecule has 3 rings (SSSR count). The van der Waals surface area contributed by atoms with Crippen LogP contribution in [0.3, 0.4) is 0 Å². The summed E-state index contributed by atoms with van der Waals surface area (Å²) in [7, 11) is 1.78. The van der Waals surface area contributed by atoms with Crippen molar-refractivity contribution in [3.8, 4) is 0 Å². The molecule has 0 spiro atoms. The molecule has 0 radical (unpaired) electrons. The minimum absolute atomic E-state index is 0.0427. The lowest BCUT2D eigenvalue weighted by Gasteiger charge is -2.18. The average molecular weight is 387 g/mol. The van der Waals surface area contributed by atoms with Crippen molar-refractivity contribution in [2.75, 3.05) is 12.4 Å². The van der Waals surface area contributed by atoms with Gasteiger partial charge in [-0.1, -0.05) is 40.2 Å². The third-order valence-electron chi connectivity index (χ3n) is 4.04. The molecule has 4 nitrogen and oxygen atoms in total. The van der Waals surface area contributed by atoms with Gasteiger partial charge in [0.2, 0.25) is 5.91 Å². The third-order valence-corrected chi connectivity index (χ3v) is 4.81. The number of hydrogen-bond donors (Lipinski definition) is 1. The monoisotopic (exact) mass is 386 g/mol. The first-order chi connectivity index (χ1) is 11.5. The number of benzene rings is 2. The van der Waals surface area contributed by atoms with E-state index in [2.05, 4.69) is 21.2 Å². The maximum absolute atomic E-state index is 12.6. The summed E-state index contributed by atoms with van der Waals surface area (Å²) in [5.74, 6) is 0.108. The highest BCUT2D eigenvalue weighted by Crippen LogP contribution is 2.30. The van der Waals surface area contributed by atoms with Crippen LogP contribution in [-0.4, -0.2) is 23.8 Å². The zero-order valence-electron chi connectivity index (χ0n) is 13.5. The number of halogens is 1. The van der Waals surface area contributed by atoms with Crippen molar-refractivity contribution >= 4 is 33.4 Å². The number of hydrogen-bond acceptors (Lipinski definition) is 2. The molecule has 1 fully saturated rings. The third kappa shape index (κ3) is 4.03. The Kier molecular flexibility index (Phi) is 5.00. The van der Waals surface area contributed by atoms with E-state index in [1.54, 1.807) is 30.1 Å². The van der Waals surface area contributed by atoms with Gasteiger partial charge in [-0.3, -0.25) is 9.59 Å². The second-order valence-corrected chi connectivity index (χ2v) is 6.95. The summed E-state index contributed by atoms with van der Waals surface area (Å²) >= 11 is 3.50. The normalized spacial score (nSPS) is 13.4. The summed E-state index contributed by atoms with van der Waals surface area (Å²) in [6.45, 7) is 0.513. The first kappa shape index (κ1) is 16.7. The standard InChI is InChI=1S/C19H19BrN2O2/c1-22(12-15-5-2-3-8-17(15)20)19(24)14-6-4-7-16(11-14)21-18(23)13-9-10-13/h2-8,11,13H,9-10,12H2,1H3,(H,21,23). The van der Waals surface area contributed by atoms with E-state index in [4.69, 9.17) is 0 Å². The number of amides is 2. The predicted octanol–water partition coefficient (Wildman–Crippen LogP) is 4.07. The molecule has 0 heterocycles. The van der Waals surface area contributed by atoms with Crippen molar-refractivity contribution in [2.45, 2.75) is 19.4 Å². The van der Waals surface area contributed by atoms with E-state index in [1.165, 1.54) is 0 Å². The van der Waals surface area contributed by atoms with Crippen molar-refractivity contribution in [2.24, 2.45) is 5.92 Å². The van der Waals surface area contributed by atoms with E-state index < -0.39 is 0 Å². The molecule has 24 heavy (non-hydrogen) atoms. The summed E-state index contributed by atoms with van der Waals surface area (Å²) in [4.78, 5) is 26.2. The minimum atomic E-state index is -0.0757. The van der Waals surface area contributed by atoms with Crippen LogP contribution in [0.15, 0.2) is 53.0 Å². The summed E-state index contributed by atoms with van der Waals surface area (Å²) < 4.78 is 0.982. The quantitative estimate of drug-likeness (QED) is 0.841. The Bertz CT molecular complexity index is 771. The lowest BCUT2D eigenvalue weighted by atomic mass is 10.1. The van der Waals surface area contributed by atoms with Crippen LogP contribution in [0.4, 0.5) is 5.69 Å². The summed E-state index contributed by atoms with van der Waals surface area (Å²) in [5.41, 5.74) is 2.29. The van der Waals surface area contributed by atoms with Crippen LogP contribution in [0.5, 0.6) is 0 Å². The predicted molar refractivity (Wildman–Crippen MR) is 97.7 cm³/mol. The lowest BCUT2D eigenvalue weighted by Crippen LogP contribution is -2.26. The van der Waals surface area contributed by atoms with E-state index in [9.17, 15) is 9.59 Å². The first-order valence-electron chi connectivity index (χ1n) is 7.94. The Morgan fingerprint density at radius 2 is 1.92 bits per heavy atom. The van der Waals surface area contributed by atoms with Gasteiger partial charge < -0.3 is 10.2 Å². The highest BCUT2D eigenvalue weighted by molar-refractivity contribution is 9.10. The molecule has 5 heteroatoms. The number of carbonyl (C=O) groups excluding carboxylic acids is 2. The van der Waals surface area contributed by atoms with Crippen LogP contribution in [0.2, 0.25) is 0 Å². The molecule has 0 unspecified atom stereocenters. The van der Waals surface area contributed by atoms with Crippen molar-refractivity contribution < 1.29 is 9.59 Å². The zero-order valence-corrected chi connectivity index (χ0v) is 15.0. The fourth-order valence-corrected chi connectivity index (χ4v) is 2.90. The van der Waals surface area contributed by atoms with E-state index in [1.807, 2.05) is 30.3 Å². The maximum Gasteiger partial charge on any atom is 0.253 e. The van der Waals surface area contributed by atoms with Gasteiger partial charge in [0.15, 0.2) is 0 Å². The summed E-state index contributed by atoms with van der Waals surface area (Å²) in [5, 5.41) is 2.88. The lowest BCUT2D eigenvalue weighted by molar-refractivity contribution is -0.117. The van der Waals surface area contributed by atoms with Gasteiger partial charge in [0.05, 0.1) is 0 Å².